The smallest absolute Gasteiger partial charge is 0.434 e. The van der Waals surface area contributed by atoms with Crippen LogP contribution in [0.4, 0.5) is 18.9 Å². The summed E-state index contributed by atoms with van der Waals surface area (Å²) in [6, 6.07) is 6.35. The van der Waals surface area contributed by atoms with E-state index in [0.29, 0.717) is 15.4 Å². The zero-order valence-corrected chi connectivity index (χ0v) is 16.2. The summed E-state index contributed by atoms with van der Waals surface area (Å²) >= 11 is 6.61. The van der Waals surface area contributed by atoms with Crippen molar-refractivity contribution >= 4 is 40.5 Å². The lowest BCUT2D eigenvalue weighted by Gasteiger charge is -2.10. The second-order valence-corrected chi connectivity index (χ2v) is 6.79. The predicted molar refractivity (Wildman–Crippen MR) is 99.6 cm³/mol. The highest BCUT2D eigenvalue weighted by molar-refractivity contribution is 7.12. The van der Waals surface area contributed by atoms with Crippen molar-refractivity contribution in [2.45, 2.75) is 13.1 Å². The maximum absolute atomic E-state index is 13.5. The van der Waals surface area contributed by atoms with E-state index in [4.69, 9.17) is 11.6 Å². The summed E-state index contributed by atoms with van der Waals surface area (Å²) < 4.78 is 45.7. The van der Waals surface area contributed by atoms with Gasteiger partial charge in [-0.1, -0.05) is 17.7 Å². The lowest BCUT2D eigenvalue weighted by atomic mass is 10.2. The number of nitrogens with zero attached hydrogens (tertiary/aromatic N) is 3. The Kier molecular flexibility index (Phi) is 5.89. The Morgan fingerprint density at radius 3 is 2.76 bits per heavy atom. The Hall–Kier alpha value is -2.92. The molecule has 0 saturated heterocycles. The monoisotopic (exact) mass is 444 g/mol. The standard InChI is InChI=1S/C17H12ClF3N4O3S/c1-2-28-15(27)11-7-22-25(13(11)17(19,20)21)16-24-12(8-29-16)14(26)23-10-5-3-4-9(18)6-10/h3-8H,2H2,1H3,(H,23,26). The Labute approximate surface area is 171 Å². The number of halogens is 4. The van der Waals surface area contributed by atoms with Gasteiger partial charge in [0.1, 0.15) is 11.3 Å². The van der Waals surface area contributed by atoms with Crippen LogP contribution in [-0.2, 0) is 10.9 Å². The molecule has 0 bridgehead atoms. The van der Waals surface area contributed by atoms with Gasteiger partial charge in [-0.3, -0.25) is 4.79 Å². The molecule has 0 spiro atoms. The molecule has 1 N–H and O–H groups in total. The maximum atomic E-state index is 13.5. The number of anilines is 1. The highest BCUT2D eigenvalue weighted by Gasteiger charge is 2.41. The summed E-state index contributed by atoms with van der Waals surface area (Å²) in [5, 5.41) is 7.61. The molecular weight excluding hydrogens is 433 g/mol. The van der Waals surface area contributed by atoms with E-state index in [-0.39, 0.29) is 17.4 Å². The van der Waals surface area contributed by atoms with Crippen molar-refractivity contribution in [3.8, 4) is 5.13 Å². The van der Waals surface area contributed by atoms with E-state index in [0.717, 1.165) is 17.5 Å². The number of benzene rings is 1. The number of esters is 1. The number of hydrogen-bond acceptors (Lipinski definition) is 6. The average Bonchev–Trinajstić information content (AvgIpc) is 3.28. The van der Waals surface area contributed by atoms with Gasteiger partial charge in [0, 0.05) is 16.1 Å². The molecule has 0 unspecified atom stereocenters. The molecule has 2 aromatic heterocycles. The Balaban J connectivity index is 1.92. The van der Waals surface area contributed by atoms with E-state index in [9.17, 15) is 22.8 Å². The Morgan fingerprint density at radius 1 is 1.34 bits per heavy atom. The van der Waals surface area contributed by atoms with Gasteiger partial charge < -0.3 is 10.1 Å². The SMILES string of the molecule is CCOC(=O)c1cnn(-c2nc(C(=O)Nc3cccc(Cl)c3)cs2)c1C(F)(F)F. The lowest BCUT2D eigenvalue weighted by Crippen LogP contribution is -2.19. The highest BCUT2D eigenvalue weighted by atomic mass is 35.5. The molecule has 2 heterocycles. The minimum absolute atomic E-state index is 0.0909. The number of nitrogens with one attached hydrogen (secondary N) is 1. The second kappa shape index (κ2) is 8.21. The van der Waals surface area contributed by atoms with Crippen LogP contribution in [0, 0.1) is 0 Å². The third-order valence-electron chi connectivity index (χ3n) is 3.52. The van der Waals surface area contributed by atoms with Gasteiger partial charge in [-0.05, 0) is 25.1 Å². The van der Waals surface area contributed by atoms with E-state index < -0.39 is 29.3 Å². The molecule has 0 saturated carbocycles. The quantitative estimate of drug-likeness (QED) is 0.588. The van der Waals surface area contributed by atoms with Gasteiger partial charge in [0.05, 0.1) is 12.8 Å². The minimum Gasteiger partial charge on any atom is -0.462 e. The van der Waals surface area contributed by atoms with Crippen molar-refractivity contribution in [3.05, 3.63) is 57.8 Å². The first kappa shape index (κ1) is 20.8. The van der Waals surface area contributed by atoms with E-state index in [1.54, 1.807) is 18.2 Å². The molecule has 0 aliphatic rings. The molecule has 1 aromatic carbocycles. The minimum atomic E-state index is -4.90. The van der Waals surface area contributed by atoms with Gasteiger partial charge in [0.15, 0.2) is 5.69 Å². The topological polar surface area (TPSA) is 86.1 Å². The molecule has 3 rings (SSSR count). The van der Waals surface area contributed by atoms with E-state index in [1.165, 1.54) is 18.4 Å². The summed E-state index contributed by atoms with van der Waals surface area (Å²) in [5.41, 5.74) is -1.78. The van der Waals surface area contributed by atoms with Crippen LogP contribution < -0.4 is 5.32 Å². The van der Waals surface area contributed by atoms with E-state index in [2.05, 4.69) is 20.1 Å². The van der Waals surface area contributed by atoms with Crippen molar-refractivity contribution in [2.24, 2.45) is 0 Å². The summed E-state index contributed by atoms with van der Waals surface area (Å²) in [7, 11) is 0. The van der Waals surface area contributed by atoms with Crippen LogP contribution >= 0.6 is 22.9 Å². The first-order valence-electron chi connectivity index (χ1n) is 8.06. The van der Waals surface area contributed by atoms with Crippen molar-refractivity contribution < 1.29 is 27.5 Å². The zero-order valence-electron chi connectivity index (χ0n) is 14.7. The molecule has 0 aliphatic heterocycles. The number of ether oxygens (including phenoxy) is 1. The fraction of sp³-hybridized carbons (Fsp3) is 0.176. The normalized spacial score (nSPS) is 11.3. The van der Waals surface area contributed by atoms with Crippen molar-refractivity contribution in [2.75, 3.05) is 11.9 Å². The highest BCUT2D eigenvalue weighted by Crippen LogP contribution is 2.34. The first-order chi connectivity index (χ1) is 13.7. The van der Waals surface area contributed by atoms with Gasteiger partial charge >= 0.3 is 12.1 Å². The lowest BCUT2D eigenvalue weighted by molar-refractivity contribution is -0.143. The number of alkyl halides is 3. The van der Waals surface area contributed by atoms with Crippen LogP contribution in [0.5, 0.6) is 0 Å². The van der Waals surface area contributed by atoms with Crippen molar-refractivity contribution in [1.82, 2.24) is 14.8 Å². The predicted octanol–water partition coefficient (Wildman–Crippen LogP) is 4.43. The average molecular weight is 445 g/mol. The van der Waals surface area contributed by atoms with Crippen molar-refractivity contribution in [1.29, 1.82) is 0 Å². The van der Waals surface area contributed by atoms with Crippen LogP contribution in [0.1, 0.15) is 33.5 Å². The molecule has 29 heavy (non-hydrogen) atoms. The molecule has 0 atom stereocenters. The van der Waals surface area contributed by atoms with Crippen LogP contribution in [-0.4, -0.2) is 33.2 Å². The number of rotatable bonds is 5. The largest absolute Gasteiger partial charge is 0.462 e. The van der Waals surface area contributed by atoms with Crippen LogP contribution in [0.2, 0.25) is 5.02 Å². The van der Waals surface area contributed by atoms with Gasteiger partial charge in [-0.15, -0.1) is 11.3 Å². The number of carbonyl (C=O) groups is 2. The number of thiazole rings is 1. The van der Waals surface area contributed by atoms with Crippen molar-refractivity contribution in [3.63, 3.8) is 0 Å². The number of aromatic nitrogens is 3. The third-order valence-corrected chi connectivity index (χ3v) is 4.57. The van der Waals surface area contributed by atoms with Gasteiger partial charge in [-0.25, -0.2) is 14.5 Å². The number of hydrogen-bond donors (Lipinski definition) is 1. The summed E-state index contributed by atoms with van der Waals surface area (Å²) in [6.07, 6.45) is -4.14. The zero-order chi connectivity index (χ0) is 21.2. The number of amides is 1. The molecular formula is C17H12ClF3N4O3S. The summed E-state index contributed by atoms with van der Waals surface area (Å²) in [5.74, 6) is -1.79. The Bertz CT molecular complexity index is 1060. The molecule has 152 valence electrons. The summed E-state index contributed by atoms with van der Waals surface area (Å²) in [6.45, 7) is 1.38. The fourth-order valence-electron chi connectivity index (χ4n) is 2.35. The van der Waals surface area contributed by atoms with Crippen LogP contribution in [0.25, 0.3) is 5.13 Å². The summed E-state index contributed by atoms with van der Waals surface area (Å²) in [4.78, 5) is 28.1. The molecule has 7 nitrogen and oxygen atoms in total. The maximum Gasteiger partial charge on any atom is 0.434 e. The number of carbonyl (C=O) groups excluding carboxylic acids is 2. The van der Waals surface area contributed by atoms with Crippen LogP contribution in [0.15, 0.2) is 35.8 Å². The molecule has 1 amide bonds. The van der Waals surface area contributed by atoms with E-state index >= 15 is 0 Å². The van der Waals surface area contributed by atoms with Gasteiger partial charge in [0.2, 0.25) is 5.13 Å². The third kappa shape index (κ3) is 4.57. The molecule has 3 aromatic rings. The Morgan fingerprint density at radius 2 is 2.10 bits per heavy atom. The molecule has 0 radical (unpaired) electrons. The molecule has 12 heteroatoms. The van der Waals surface area contributed by atoms with Gasteiger partial charge in [-0.2, -0.15) is 18.3 Å². The van der Waals surface area contributed by atoms with E-state index in [1.807, 2.05) is 0 Å². The molecule has 0 fully saturated rings. The van der Waals surface area contributed by atoms with Gasteiger partial charge in [0.25, 0.3) is 5.91 Å². The second-order valence-electron chi connectivity index (χ2n) is 5.52. The fourth-order valence-corrected chi connectivity index (χ4v) is 3.31. The molecule has 0 aliphatic carbocycles. The first-order valence-corrected chi connectivity index (χ1v) is 9.31. The van der Waals surface area contributed by atoms with Crippen LogP contribution in [0.3, 0.4) is 0 Å².